The molecule has 148 valence electrons. The van der Waals surface area contributed by atoms with Crippen molar-refractivity contribution in [3.63, 3.8) is 0 Å². The number of aromatic nitrogens is 1. The van der Waals surface area contributed by atoms with Gasteiger partial charge >= 0.3 is 0 Å². The van der Waals surface area contributed by atoms with Crippen LogP contribution in [0.2, 0.25) is 0 Å². The smallest absolute Gasteiger partial charge is 0.296 e. The highest BCUT2D eigenvalue weighted by atomic mass is 32.1. The molecule has 5 rings (SSSR count). The number of benzene rings is 3. The lowest BCUT2D eigenvalue weighted by atomic mass is 10.2. The summed E-state index contributed by atoms with van der Waals surface area (Å²) in [6.45, 7) is 2.56. The first-order chi connectivity index (χ1) is 14.7. The topological polar surface area (TPSA) is 46.3 Å². The number of hydrogen-bond donors (Lipinski definition) is 0. The van der Waals surface area contributed by atoms with Crippen LogP contribution in [0.4, 0.5) is 5.13 Å². The van der Waals surface area contributed by atoms with E-state index in [2.05, 4.69) is 19.1 Å². The minimum Gasteiger partial charge on any atom is -0.451 e. The van der Waals surface area contributed by atoms with Crippen molar-refractivity contribution < 1.29 is 9.21 Å². The van der Waals surface area contributed by atoms with Gasteiger partial charge in [0, 0.05) is 5.39 Å². The number of rotatable bonds is 5. The highest BCUT2D eigenvalue weighted by Crippen LogP contribution is 2.32. The largest absolute Gasteiger partial charge is 0.451 e. The zero-order chi connectivity index (χ0) is 20.5. The Bertz CT molecular complexity index is 1300. The van der Waals surface area contributed by atoms with Gasteiger partial charge in [0.1, 0.15) is 5.58 Å². The Kier molecular flexibility index (Phi) is 4.81. The number of furan rings is 1. The third kappa shape index (κ3) is 3.48. The molecule has 0 bridgehead atoms. The van der Waals surface area contributed by atoms with E-state index in [4.69, 9.17) is 9.40 Å². The number of carbonyl (C=O) groups excluding carboxylic acids is 1. The van der Waals surface area contributed by atoms with E-state index in [9.17, 15) is 4.79 Å². The zero-order valence-electron chi connectivity index (χ0n) is 16.5. The number of anilines is 1. The van der Waals surface area contributed by atoms with Crippen LogP contribution in [0.5, 0.6) is 0 Å². The first kappa shape index (κ1) is 18.6. The van der Waals surface area contributed by atoms with Gasteiger partial charge in [-0.05, 0) is 41.8 Å². The van der Waals surface area contributed by atoms with Crippen molar-refractivity contribution in [3.8, 4) is 0 Å². The van der Waals surface area contributed by atoms with Crippen LogP contribution >= 0.6 is 11.3 Å². The number of thiazole rings is 1. The Morgan fingerprint density at radius 3 is 2.57 bits per heavy atom. The lowest BCUT2D eigenvalue weighted by Crippen LogP contribution is -2.30. The SMILES string of the molecule is CCc1ccc2nc(N(Cc3ccccc3)C(=O)c3cc4ccccc4o3)sc2c1. The molecule has 30 heavy (non-hydrogen) atoms. The quantitative estimate of drug-likeness (QED) is 0.333. The summed E-state index contributed by atoms with van der Waals surface area (Å²) in [5.41, 5.74) is 3.91. The molecule has 4 nitrogen and oxygen atoms in total. The molecule has 5 heteroatoms. The molecule has 3 aromatic carbocycles. The van der Waals surface area contributed by atoms with Crippen molar-refractivity contribution in [2.75, 3.05) is 4.90 Å². The van der Waals surface area contributed by atoms with Gasteiger partial charge in [0.15, 0.2) is 10.9 Å². The van der Waals surface area contributed by atoms with Crippen molar-refractivity contribution in [2.24, 2.45) is 0 Å². The number of amides is 1. The van der Waals surface area contributed by atoms with E-state index in [0.29, 0.717) is 23.0 Å². The number of para-hydroxylation sites is 1. The molecule has 5 aromatic rings. The fourth-order valence-electron chi connectivity index (χ4n) is 3.50. The second-order valence-corrected chi connectivity index (χ2v) is 8.19. The molecule has 0 aliphatic carbocycles. The molecule has 1 amide bonds. The lowest BCUT2D eigenvalue weighted by molar-refractivity contribution is 0.0960. The van der Waals surface area contributed by atoms with Crippen LogP contribution in [0.1, 0.15) is 28.6 Å². The maximum atomic E-state index is 13.5. The van der Waals surface area contributed by atoms with Gasteiger partial charge in [-0.1, -0.05) is 72.9 Å². The highest BCUT2D eigenvalue weighted by Gasteiger charge is 2.24. The summed E-state index contributed by atoms with van der Waals surface area (Å²) < 4.78 is 6.95. The second kappa shape index (κ2) is 7.76. The molecule has 0 atom stereocenters. The van der Waals surface area contributed by atoms with Crippen molar-refractivity contribution in [1.29, 1.82) is 0 Å². The van der Waals surface area contributed by atoms with Crippen LogP contribution in [0.15, 0.2) is 83.3 Å². The van der Waals surface area contributed by atoms with Crippen LogP contribution in [0.3, 0.4) is 0 Å². The van der Waals surface area contributed by atoms with Gasteiger partial charge in [-0.25, -0.2) is 4.98 Å². The molecule has 0 aliphatic rings. The van der Waals surface area contributed by atoms with Gasteiger partial charge in [-0.3, -0.25) is 9.69 Å². The van der Waals surface area contributed by atoms with Crippen molar-refractivity contribution in [2.45, 2.75) is 19.9 Å². The van der Waals surface area contributed by atoms with Gasteiger partial charge < -0.3 is 4.42 Å². The monoisotopic (exact) mass is 412 g/mol. The standard InChI is InChI=1S/C25H20N2O2S/c1-2-17-12-13-20-23(14-17)30-25(26-20)27(16-18-8-4-3-5-9-18)24(28)22-15-19-10-6-7-11-21(19)29-22/h3-15H,2,16H2,1H3. The molecular formula is C25H20N2O2S. The van der Waals surface area contributed by atoms with E-state index >= 15 is 0 Å². The second-order valence-electron chi connectivity index (χ2n) is 7.18. The molecule has 0 fully saturated rings. The lowest BCUT2D eigenvalue weighted by Gasteiger charge is -2.18. The summed E-state index contributed by atoms with van der Waals surface area (Å²) in [5, 5.41) is 1.59. The average Bonchev–Trinajstić information content (AvgIpc) is 3.41. The predicted octanol–water partition coefficient (Wildman–Crippen LogP) is 6.45. The number of nitrogens with zero attached hydrogens (tertiary/aromatic N) is 2. The van der Waals surface area contributed by atoms with Crippen LogP contribution < -0.4 is 4.90 Å². The Balaban J connectivity index is 1.58. The van der Waals surface area contributed by atoms with Crippen molar-refractivity contribution in [3.05, 3.63) is 95.7 Å². The Morgan fingerprint density at radius 1 is 0.967 bits per heavy atom. The molecule has 2 aromatic heterocycles. The Morgan fingerprint density at radius 2 is 1.77 bits per heavy atom. The van der Waals surface area contributed by atoms with Crippen LogP contribution in [0, 0.1) is 0 Å². The highest BCUT2D eigenvalue weighted by molar-refractivity contribution is 7.22. The molecule has 0 radical (unpaired) electrons. The summed E-state index contributed by atoms with van der Waals surface area (Å²) in [7, 11) is 0. The average molecular weight is 413 g/mol. The molecule has 2 heterocycles. The van der Waals surface area contributed by atoms with E-state index in [1.165, 1.54) is 16.9 Å². The van der Waals surface area contributed by atoms with Gasteiger partial charge in [0.2, 0.25) is 0 Å². The summed E-state index contributed by atoms with van der Waals surface area (Å²) in [6.07, 6.45) is 0.967. The molecule has 0 unspecified atom stereocenters. The van der Waals surface area contributed by atoms with Gasteiger partial charge in [0.05, 0.1) is 16.8 Å². The van der Waals surface area contributed by atoms with Crippen molar-refractivity contribution in [1.82, 2.24) is 4.98 Å². The summed E-state index contributed by atoms with van der Waals surface area (Å²) in [6, 6.07) is 25.7. The van der Waals surface area contributed by atoms with E-state index < -0.39 is 0 Å². The summed E-state index contributed by atoms with van der Waals surface area (Å²) >= 11 is 1.54. The maximum Gasteiger partial charge on any atom is 0.296 e. The third-order valence-electron chi connectivity index (χ3n) is 5.15. The minimum atomic E-state index is -0.190. The van der Waals surface area contributed by atoms with Crippen LogP contribution in [-0.2, 0) is 13.0 Å². The molecule has 0 saturated heterocycles. The fraction of sp³-hybridized carbons (Fsp3) is 0.120. The number of hydrogen-bond acceptors (Lipinski definition) is 4. The Hall–Kier alpha value is -3.44. The summed E-state index contributed by atoms with van der Waals surface area (Å²) in [5.74, 6) is 0.130. The molecule has 0 spiro atoms. The first-order valence-corrected chi connectivity index (χ1v) is 10.8. The molecular weight excluding hydrogens is 392 g/mol. The van der Waals surface area contributed by atoms with Gasteiger partial charge in [0.25, 0.3) is 5.91 Å². The van der Waals surface area contributed by atoms with E-state index in [0.717, 1.165) is 27.6 Å². The fourth-order valence-corrected chi connectivity index (χ4v) is 4.53. The van der Waals surface area contributed by atoms with E-state index in [1.54, 1.807) is 11.0 Å². The van der Waals surface area contributed by atoms with Gasteiger partial charge in [-0.2, -0.15) is 0 Å². The normalized spacial score (nSPS) is 11.2. The Labute approximate surface area is 178 Å². The van der Waals surface area contributed by atoms with E-state index in [1.807, 2.05) is 60.7 Å². The zero-order valence-corrected chi connectivity index (χ0v) is 17.4. The predicted molar refractivity (Wildman–Crippen MR) is 122 cm³/mol. The molecule has 0 aliphatic heterocycles. The van der Waals surface area contributed by atoms with Crippen LogP contribution in [-0.4, -0.2) is 10.9 Å². The molecule has 0 N–H and O–H groups in total. The minimum absolute atomic E-state index is 0.190. The van der Waals surface area contributed by atoms with Crippen LogP contribution in [0.25, 0.3) is 21.2 Å². The summed E-state index contributed by atoms with van der Waals surface area (Å²) in [4.78, 5) is 20.0. The molecule has 0 saturated carbocycles. The third-order valence-corrected chi connectivity index (χ3v) is 6.19. The first-order valence-electron chi connectivity index (χ1n) is 9.95. The van der Waals surface area contributed by atoms with Gasteiger partial charge in [-0.15, -0.1) is 0 Å². The van der Waals surface area contributed by atoms with Crippen molar-refractivity contribution >= 4 is 43.6 Å². The maximum absolute atomic E-state index is 13.5. The van der Waals surface area contributed by atoms with E-state index in [-0.39, 0.29) is 5.91 Å². The number of aryl methyl sites for hydroxylation is 1. The number of fused-ring (bicyclic) bond motifs is 2. The number of carbonyl (C=O) groups is 1.